The van der Waals surface area contributed by atoms with Gasteiger partial charge in [0.25, 0.3) is 0 Å². The Morgan fingerprint density at radius 1 is 0.514 bits per heavy atom. The molecule has 0 saturated heterocycles. The van der Waals surface area contributed by atoms with Gasteiger partial charge in [0, 0.05) is 5.56 Å². The van der Waals surface area contributed by atoms with Gasteiger partial charge in [0.1, 0.15) is 29.3 Å². The molecule has 0 fully saturated rings. The minimum Gasteiger partial charge on any atom is -0.290 e. The van der Waals surface area contributed by atoms with Gasteiger partial charge in [-0.1, -0.05) is 108 Å². The quantitative estimate of drug-likeness (QED) is 0.165. The fraction of sp³-hybridized carbons (Fsp3) is 0.286. The number of Topliss-reactive ketones (excluding diaryl/α,β-unsaturated/α-hetero) is 1. The van der Waals surface area contributed by atoms with Gasteiger partial charge in [0.15, 0.2) is 0 Å². The summed E-state index contributed by atoms with van der Waals surface area (Å²) in [5.41, 5.74) is 4.74. The third-order valence-electron chi connectivity index (χ3n) is 7.48. The van der Waals surface area contributed by atoms with Crippen molar-refractivity contribution in [2.75, 3.05) is 6.16 Å². The van der Waals surface area contributed by atoms with Crippen LogP contribution < -0.4 is 15.9 Å². The number of ketones is 1. The zero-order valence-electron chi connectivity index (χ0n) is 23.1. The van der Waals surface area contributed by atoms with Crippen molar-refractivity contribution in [2.24, 2.45) is 0 Å². The van der Waals surface area contributed by atoms with Crippen LogP contribution in [-0.2, 0) is 0 Å². The van der Waals surface area contributed by atoms with Crippen LogP contribution in [-0.4, -0.2) is 11.9 Å². The minimum absolute atomic E-state index is 0.197. The van der Waals surface area contributed by atoms with E-state index in [1.54, 1.807) is 0 Å². The average molecular weight is 508 g/mol. The lowest BCUT2D eigenvalue weighted by Crippen LogP contribution is -2.36. The summed E-state index contributed by atoms with van der Waals surface area (Å²) < 4.78 is 0. The van der Waals surface area contributed by atoms with Gasteiger partial charge in [-0.15, -0.1) is 0 Å². The summed E-state index contributed by atoms with van der Waals surface area (Å²) >= 11 is 0. The molecular weight excluding hydrogens is 467 g/mol. The van der Waals surface area contributed by atoms with Crippen molar-refractivity contribution in [1.29, 1.82) is 0 Å². The maximum atomic E-state index is 13.9. The maximum Gasteiger partial charge on any atom is 0.201 e. The second kappa shape index (κ2) is 11.6. The first-order chi connectivity index (χ1) is 17.7. The van der Waals surface area contributed by atoms with Gasteiger partial charge in [-0.2, -0.15) is 0 Å². The Morgan fingerprint density at radius 2 is 0.838 bits per heavy atom. The van der Waals surface area contributed by atoms with Gasteiger partial charge in [-0.25, -0.2) is 0 Å². The molecule has 0 aliphatic heterocycles. The molecule has 37 heavy (non-hydrogen) atoms. The largest absolute Gasteiger partial charge is 0.290 e. The summed E-state index contributed by atoms with van der Waals surface area (Å²) in [6, 6.07) is 37.0. The number of rotatable bonds is 9. The van der Waals surface area contributed by atoms with E-state index in [0.717, 1.165) is 5.56 Å². The van der Waals surface area contributed by atoms with Crippen LogP contribution in [0.1, 0.15) is 86.3 Å². The van der Waals surface area contributed by atoms with Crippen LogP contribution in [0.15, 0.2) is 103 Å². The fourth-order valence-electron chi connectivity index (χ4n) is 4.99. The van der Waals surface area contributed by atoms with Crippen molar-refractivity contribution >= 4 is 29.0 Å². The summed E-state index contributed by atoms with van der Waals surface area (Å²) in [6.45, 7) is 13.4. The SMILES string of the molecule is CC(C)c1ccc([P+](CC(=O)c2ccccc2)(c2ccc(C(C)C)cc2)c2ccc(C(C)C)cc2)cc1. The first-order valence-corrected chi connectivity index (χ1v) is 15.5. The smallest absolute Gasteiger partial charge is 0.201 e. The van der Waals surface area contributed by atoms with Gasteiger partial charge < -0.3 is 0 Å². The molecule has 0 aliphatic rings. The minimum atomic E-state index is -2.27. The molecule has 0 atom stereocenters. The zero-order valence-corrected chi connectivity index (χ0v) is 24.0. The van der Waals surface area contributed by atoms with E-state index < -0.39 is 7.26 Å². The Morgan fingerprint density at radius 3 is 1.14 bits per heavy atom. The van der Waals surface area contributed by atoms with E-state index in [4.69, 9.17) is 0 Å². The van der Waals surface area contributed by atoms with Gasteiger partial charge >= 0.3 is 0 Å². The first kappa shape index (κ1) is 27.0. The zero-order chi connectivity index (χ0) is 26.6. The molecule has 4 aromatic rings. The van der Waals surface area contributed by atoms with Crippen molar-refractivity contribution in [3.63, 3.8) is 0 Å². The van der Waals surface area contributed by atoms with E-state index in [1.165, 1.54) is 32.6 Å². The highest BCUT2D eigenvalue weighted by atomic mass is 31.2. The topological polar surface area (TPSA) is 17.1 Å². The summed E-state index contributed by atoms with van der Waals surface area (Å²) in [5.74, 6) is 1.58. The Kier molecular flexibility index (Phi) is 8.46. The van der Waals surface area contributed by atoms with Gasteiger partial charge in [-0.05, 0) is 70.8 Å². The van der Waals surface area contributed by atoms with Crippen LogP contribution in [0.3, 0.4) is 0 Å². The molecule has 4 aromatic carbocycles. The highest BCUT2D eigenvalue weighted by molar-refractivity contribution is 7.96. The van der Waals surface area contributed by atoms with Crippen LogP contribution in [0, 0.1) is 0 Å². The van der Waals surface area contributed by atoms with E-state index in [-0.39, 0.29) is 5.78 Å². The molecule has 0 unspecified atom stereocenters. The van der Waals surface area contributed by atoms with E-state index in [2.05, 4.69) is 114 Å². The number of carbonyl (C=O) groups is 1. The maximum absolute atomic E-state index is 13.9. The molecule has 0 heterocycles. The Balaban J connectivity index is 1.97. The average Bonchev–Trinajstić information content (AvgIpc) is 2.92. The fourth-order valence-corrected chi connectivity index (χ4v) is 9.02. The molecule has 0 amide bonds. The molecule has 1 nitrogen and oxygen atoms in total. The second-order valence-corrected chi connectivity index (χ2v) is 14.5. The summed E-state index contributed by atoms with van der Waals surface area (Å²) in [5, 5.41) is 3.78. The number of hydrogen-bond donors (Lipinski definition) is 0. The van der Waals surface area contributed by atoms with Crippen molar-refractivity contribution in [2.45, 2.75) is 59.3 Å². The highest BCUT2D eigenvalue weighted by Crippen LogP contribution is 2.56. The van der Waals surface area contributed by atoms with Crippen molar-refractivity contribution in [1.82, 2.24) is 0 Å². The van der Waals surface area contributed by atoms with Gasteiger partial charge in [0.2, 0.25) is 5.78 Å². The predicted molar refractivity (Wildman–Crippen MR) is 163 cm³/mol. The molecule has 0 radical (unpaired) electrons. The molecule has 4 rings (SSSR count). The number of benzene rings is 4. The summed E-state index contributed by atoms with van der Waals surface area (Å²) in [6.07, 6.45) is 0.472. The van der Waals surface area contributed by atoms with E-state index >= 15 is 0 Å². The lowest BCUT2D eigenvalue weighted by molar-refractivity contribution is 0.102. The summed E-state index contributed by atoms with van der Waals surface area (Å²) in [4.78, 5) is 13.9. The molecule has 0 aromatic heterocycles. The predicted octanol–water partition coefficient (Wildman–Crippen LogP) is 8.23. The molecule has 190 valence electrons. The monoisotopic (exact) mass is 507 g/mol. The van der Waals surface area contributed by atoms with Crippen LogP contribution >= 0.6 is 7.26 Å². The van der Waals surface area contributed by atoms with Crippen molar-refractivity contribution in [3.8, 4) is 0 Å². The summed E-state index contributed by atoms with van der Waals surface area (Å²) in [7, 11) is -2.27. The Bertz CT molecular complexity index is 1170. The molecular formula is C35H40OP+. The molecule has 0 bridgehead atoms. The first-order valence-electron chi connectivity index (χ1n) is 13.5. The lowest BCUT2D eigenvalue weighted by Gasteiger charge is -2.28. The number of carbonyl (C=O) groups excluding carboxylic acids is 1. The van der Waals surface area contributed by atoms with Crippen molar-refractivity contribution in [3.05, 3.63) is 125 Å². The van der Waals surface area contributed by atoms with E-state index in [1.807, 2.05) is 30.3 Å². The van der Waals surface area contributed by atoms with Crippen LogP contribution in [0.4, 0.5) is 0 Å². The molecule has 0 N–H and O–H groups in total. The standard InChI is InChI=1S/C35H40OP/c1-25(2)28-12-18-32(19-13-28)37(24-35(36)31-10-8-7-9-11-31,33-20-14-29(15-21-33)26(3)4)34-22-16-30(17-23-34)27(5)6/h7-23,25-27H,24H2,1-6H3/q+1. The van der Waals surface area contributed by atoms with Gasteiger partial charge in [0.05, 0.1) is 0 Å². The van der Waals surface area contributed by atoms with E-state index in [0.29, 0.717) is 23.9 Å². The normalized spacial score (nSPS) is 11.9. The second-order valence-electron chi connectivity index (χ2n) is 11.0. The third kappa shape index (κ3) is 5.78. The lowest BCUT2D eigenvalue weighted by atomic mass is 10.0. The van der Waals surface area contributed by atoms with Gasteiger partial charge in [-0.3, -0.25) is 4.79 Å². The molecule has 0 saturated carbocycles. The van der Waals surface area contributed by atoms with Crippen LogP contribution in [0.5, 0.6) is 0 Å². The number of hydrogen-bond acceptors (Lipinski definition) is 1. The Hall–Kier alpha value is -3.02. The van der Waals surface area contributed by atoms with E-state index in [9.17, 15) is 4.79 Å². The van der Waals surface area contributed by atoms with Crippen molar-refractivity contribution < 1.29 is 4.79 Å². The van der Waals surface area contributed by atoms with Crippen LogP contribution in [0.2, 0.25) is 0 Å². The molecule has 2 heteroatoms. The molecule has 0 spiro atoms. The van der Waals surface area contributed by atoms with Crippen LogP contribution in [0.25, 0.3) is 0 Å². The Labute approximate surface area is 224 Å². The third-order valence-corrected chi connectivity index (χ3v) is 11.8. The molecule has 0 aliphatic carbocycles. The highest BCUT2D eigenvalue weighted by Gasteiger charge is 2.47.